The van der Waals surface area contributed by atoms with Crippen molar-refractivity contribution in [2.75, 3.05) is 6.54 Å². The third kappa shape index (κ3) is 3.23. The minimum Gasteiger partial charge on any atom is -0.389 e. The Morgan fingerprint density at radius 2 is 2.00 bits per heavy atom. The van der Waals surface area contributed by atoms with E-state index in [1.807, 2.05) is 0 Å². The minimum absolute atomic E-state index is 0.373. The van der Waals surface area contributed by atoms with Gasteiger partial charge in [0.1, 0.15) is 0 Å². The number of hydrogen-bond donors (Lipinski definition) is 2. The van der Waals surface area contributed by atoms with Crippen molar-refractivity contribution < 1.29 is 5.11 Å². The van der Waals surface area contributed by atoms with Crippen molar-refractivity contribution in [3.05, 3.63) is 0 Å². The summed E-state index contributed by atoms with van der Waals surface area (Å²) >= 11 is 0. The highest BCUT2D eigenvalue weighted by molar-refractivity contribution is 4.93. The van der Waals surface area contributed by atoms with Gasteiger partial charge in [0.25, 0.3) is 0 Å². The largest absolute Gasteiger partial charge is 0.389 e. The SMILES string of the molecule is CC1CCC(C(C)C)C(NCC2(O)CCC2)C1. The van der Waals surface area contributed by atoms with Gasteiger partial charge in [0.15, 0.2) is 0 Å². The average Bonchev–Trinajstić information content (AvgIpc) is 2.23. The van der Waals surface area contributed by atoms with Crippen molar-refractivity contribution >= 4 is 0 Å². The van der Waals surface area contributed by atoms with E-state index in [1.165, 1.54) is 25.7 Å². The van der Waals surface area contributed by atoms with Crippen LogP contribution in [-0.4, -0.2) is 23.3 Å². The molecular weight excluding hydrogens is 210 g/mol. The van der Waals surface area contributed by atoms with E-state index in [4.69, 9.17) is 0 Å². The number of rotatable bonds is 4. The number of hydrogen-bond acceptors (Lipinski definition) is 2. The van der Waals surface area contributed by atoms with Gasteiger partial charge in [0.2, 0.25) is 0 Å². The Morgan fingerprint density at radius 3 is 2.53 bits per heavy atom. The Hall–Kier alpha value is -0.0800. The van der Waals surface area contributed by atoms with Crippen LogP contribution >= 0.6 is 0 Å². The Kier molecular flexibility index (Phi) is 4.14. The lowest BCUT2D eigenvalue weighted by molar-refractivity contribution is -0.0370. The first-order valence-corrected chi connectivity index (χ1v) is 7.46. The van der Waals surface area contributed by atoms with Gasteiger partial charge in [-0.2, -0.15) is 0 Å². The average molecular weight is 239 g/mol. The maximum atomic E-state index is 10.2. The molecule has 3 atom stereocenters. The van der Waals surface area contributed by atoms with Gasteiger partial charge in [-0.3, -0.25) is 0 Å². The van der Waals surface area contributed by atoms with Gasteiger partial charge in [0.05, 0.1) is 5.60 Å². The fraction of sp³-hybridized carbons (Fsp3) is 1.00. The van der Waals surface area contributed by atoms with Crippen LogP contribution in [0.15, 0.2) is 0 Å². The van der Waals surface area contributed by atoms with Crippen LogP contribution in [0, 0.1) is 17.8 Å². The molecule has 0 radical (unpaired) electrons. The van der Waals surface area contributed by atoms with Gasteiger partial charge in [-0.05, 0) is 49.9 Å². The van der Waals surface area contributed by atoms with E-state index in [2.05, 4.69) is 26.1 Å². The molecule has 0 amide bonds. The molecule has 0 aromatic heterocycles. The van der Waals surface area contributed by atoms with Crippen molar-refractivity contribution in [3.63, 3.8) is 0 Å². The Labute approximate surface area is 106 Å². The second kappa shape index (κ2) is 5.27. The standard InChI is InChI=1S/C15H29NO/c1-11(2)13-6-5-12(3)9-14(13)16-10-15(17)7-4-8-15/h11-14,16-17H,4-10H2,1-3H3. The van der Waals surface area contributed by atoms with Crippen LogP contribution in [0.5, 0.6) is 0 Å². The van der Waals surface area contributed by atoms with Crippen LogP contribution in [0.4, 0.5) is 0 Å². The molecule has 100 valence electrons. The summed E-state index contributed by atoms with van der Waals surface area (Å²) < 4.78 is 0. The zero-order valence-corrected chi connectivity index (χ0v) is 11.7. The molecule has 2 rings (SSSR count). The number of aliphatic hydroxyl groups is 1. The zero-order valence-electron chi connectivity index (χ0n) is 11.7. The molecule has 2 N–H and O–H groups in total. The summed E-state index contributed by atoms with van der Waals surface area (Å²) in [5, 5.41) is 13.8. The van der Waals surface area contributed by atoms with Crippen LogP contribution < -0.4 is 5.32 Å². The normalized spacial score (nSPS) is 36.9. The lowest BCUT2D eigenvalue weighted by Gasteiger charge is -2.42. The Balaban J connectivity index is 1.86. The molecule has 2 aliphatic rings. The van der Waals surface area contributed by atoms with E-state index < -0.39 is 0 Å². The molecule has 2 heteroatoms. The lowest BCUT2D eigenvalue weighted by atomic mass is 9.73. The summed E-state index contributed by atoms with van der Waals surface area (Å²) in [5.74, 6) is 2.41. The molecule has 17 heavy (non-hydrogen) atoms. The molecule has 2 fully saturated rings. The van der Waals surface area contributed by atoms with Crippen molar-refractivity contribution in [3.8, 4) is 0 Å². The highest BCUT2D eigenvalue weighted by Gasteiger charge is 2.37. The Morgan fingerprint density at radius 1 is 1.29 bits per heavy atom. The third-order valence-corrected chi connectivity index (χ3v) is 5.00. The summed E-state index contributed by atoms with van der Waals surface area (Å²) in [6.07, 6.45) is 7.22. The quantitative estimate of drug-likeness (QED) is 0.790. The van der Waals surface area contributed by atoms with E-state index in [9.17, 15) is 5.11 Å². The molecule has 0 aliphatic heterocycles. The fourth-order valence-corrected chi connectivity index (χ4v) is 3.52. The smallest absolute Gasteiger partial charge is 0.0771 e. The summed E-state index contributed by atoms with van der Waals surface area (Å²) in [7, 11) is 0. The first kappa shape index (κ1) is 13.4. The maximum Gasteiger partial charge on any atom is 0.0771 e. The minimum atomic E-state index is -0.373. The molecular formula is C15H29NO. The summed E-state index contributed by atoms with van der Waals surface area (Å²) in [4.78, 5) is 0. The molecule has 2 aliphatic carbocycles. The molecule has 0 spiro atoms. The molecule has 2 nitrogen and oxygen atoms in total. The lowest BCUT2D eigenvalue weighted by Crippen LogP contribution is -2.52. The fourth-order valence-electron chi connectivity index (χ4n) is 3.52. The molecule has 0 bridgehead atoms. The topological polar surface area (TPSA) is 32.3 Å². The van der Waals surface area contributed by atoms with Crippen LogP contribution in [0.25, 0.3) is 0 Å². The monoisotopic (exact) mass is 239 g/mol. The van der Waals surface area contributed by atoms with E-state index in [-0.39, 0.29) is 5.60 Å². The van der Waals surface area contributed by atoms with Crippen LogP contribution in [0.1, 0.15) is 59.3 Å². The van der Waals surface area contributed by atoms with Crippen LogP contribution in [0.2, 0.25) is 0 Å². The second-order valence-corrected chi connectivity index (χ2v) is 6.89. The van der Waals surface area contributed by atoms with Crippen LogP contribution in [-0.2, 0) is 0 Å². The van der Waals surface area contributed by atoms with Crippen molar-refractivity contribution in [2.45, 2.75) is 70.9 Å². The summed E-state index contributed by atoms with van der Waals surface area (Å²) in [6, 6.07) is 0.628. The highest BCUT2D eigenvalue weighted by Crippen LogP contribution is 2.35. The van der Waals surface area contributed by atoms with Gasteiger partial charge < -0.3 is 10.4 Å². The van der Waals surface area contributed by atoms with E-state index in [0.717, 1.165) is 37.1 Å². The molecule has 0 aromatic carbocycles. The third-order valence-electron chi connectivity index (χ3n) is 5.00. The maximum absolute atomic E-state index is 10.2. The van der Waals surface area contributed by atoms with Gasteiger partial charge in [0, 0.05) is 12.6 Å². The molecule has 2 saturated carbocycles. The second-order valence-electron chi connectivity index (χ2n) is 6.89. The molecule has 3 unspecified atom stereocenters. The Bertz CT molecular complexity index is 247. The number of nitrogens with one attached hydrogen (secondary N) is 1. The van der Waals surface area contributed by atoms with Crippen molar-refractivity contribution in [1.82, 2.24) is 5.32 Å². The van der Waals surface area contributed by atoms with Crippen LogP contribution in [0.3, 0.4) is 0 Å². The van der Waals surface area contributed by atoms with E-state index >= 15 is 0 Å². The summed E-state index contributed by atoms with van der Waals surface area (Å²) in [5.41, 5.74) is -0.373. The zero-order chi connectivity index (χ0) is 12.5. The first-order chi connectivity index (χ1) is 8.00. The molecule has 0 heterocycles. The van der Waals surface area contributed by atoms with Gasteiger partial charge in [-0.15, -0.1) is 0 Å². The molecule has 0 aromatic rings. The first-order valence-electron chi connectivity index (χ1n) is 7.46. The van der Waals surface area contributed by atoms with E-state index in [1.54, 1.807) is 0 Å². The predicted octanol–water partition coefficient (Wildman–Crippen LogP) is 2.95. The van der Waals surface area contributed by atoms with Crippen molar-refractivity contribution in [2.24, 2.45) is 17.8 Å². The highest BCUT2D eigenvalue weighted by atomic mass is 16.3. The van der Waals surface area contributed by atoms with E-state index in [0.29, 0.717) is 6.04 Å². The van der Waals surface area contributed by atoms with Gasteiger partial charge in [-0.25, -0.2) is 0 Å². The molecule has 0 saturated heterocycles. The van der Waals surface area contributed by atoms with Gasteiger partial charge in [-0.1, -0.05) is 27.2 Å². The predicted molar refractivity (Wildman–Crippen MR) is 71.9 cm³/mol. The summed E-state index contributed by atoms with van der Waals surface area (Å²) in [6.45, 7) is 7.86. The van der Waals surface area contributed by atoms with Crippen molar-refractivity contribution in [1.29, 1.82) is 0 Å². The van der Waals surface area contributed by atoms with Gasteiger partial charge >= 0.3 is 0 Å².